The highest BCUT2D eigenvalue weighted by Gasteiger charge is 2.29. The Bertz CT molecular complexity index is 1060. The normalized spacial score (nSPS) is 16.4. The number of hydrogen-bond acceptors (Lipinski definition) is 5. The van der Waals surface area contributed by atoms with Crippen LogP contribution >= 0.6 is 0 Å². The Morgan fingerprint density at radius 2 is 1.63 bits per heavy atom. The van der Waals surface area contributed by atoms with Gasteiger partial charge in [0.2, 0.25) is 0 Å². The molecule has 8 nitrogen and oxygen atoms in total. The van der Waals surface area contributed by atoms with Crippen molar-refractivity contribution in [2.24, 2.45) is 0 Å². The van der Waals surface area contributed by atoms with Gasteiger partial charge in [-0.3, -0.25) is 14.3 Å². The van der Waals surface area contributed by atoms with Crippen molar-refractivity contribution < 1.29 is 14.1 Å². The van der Waals surface area contributed by atoms with Crippen molar-refractivity contribution in [3.05, 3.63) is 59.5 Å². The van der Waals surface area contributed by atoms with E-state index in [2.05, 4.69) is 10.3 Å². The van der Waals surface area contributed by atoms with Gasteiger partial charge in [-0.15, -0.1) is 0 Å². The number of carbonyl (C=O) groups excluding carboxylic acids is 2. The van der Waals surface area contributed by atoms with Crippen LogP contribution in [0.4, 0.5) is 0 Å². The number of aryl methyl sites for hydroxylation is 1. The molecule has 0 unspecified atom stereocenters. The molecular formula is C22H23N5O3. The van der Waals surface area contributed by atoms with Crippen molar-refractivity contribution >= 4 is 11.8 Å². The Balaban J connectivity index is 1.23. The topological polar surface area (TPSA) is 84.5 Å². The second-order valence-electron chi connectivity index (χ2n) is 7.71. The third-order valence-corrected chi connectivity index (χ3v) is 5.85. The van der Waals surface area contributed by atoms with E-state index in [1.165, 1.54) is 0 Å². The van der Waals surface area contributed by atoms with Crippen LogP contribution in [0.5, 0.6) is 0 Å². The van der Waals surface area contributed by atoms with Gasteiger partial charge < -0.3 is 14.3 Å². The van der Waals surface area contributed by atoms with E-state index in [0.29, 0.717) is 43.2 Å². The summed E-state index contributed by atoms with van der Waals surface area (Å²) in [4.78, 5) is 29.3. The number of fused-ring (bicyclic) bond motifs is 1. The molecule has 2 amide bonds. The van der Waals surface area contributed by atoms with Gasteiger partial charge in [-0.1, -0.05) is 35.5 Å². The minimum absolute atomic E-state index is 0.0121. The van der Waals surface area contributed by atoms with Gasteiger partial charge in [0.05, 0.1) is 17.5 Å². The summed E-state index contributed by atoms with van der Waals surface area (Å²) in [6.07, 6.45) is 4.80. The smallest absolute Gasteiger partial charge is 0.276 e. The Morgan fingerprint density at radius 3 is 2.40 bits per heavy atom. The highest BCUT2D eigenvalue weighted by molar-refractivity contribution is 5.96. The van der Waals surface area contributed by atoms with Gasteiger partial charge >= 0.3 is 0 Å². The molecule has 0 spiro atoms. The quantitative estimate of drug-likeness (QED) is 0.668. The van der Waals surface area contributed by atoms with Gasteiger partial charge in [0.1, 0.15) is 0 Å². The van der Waals surface area contributed by atoms with Gasteiger partial charge in [-0.25, -0.2) is 0 Å². The van der Waals surface area contributed by atoms with Crippen LogP contribution < -0.4 is 0 Å². The fraction of sp³-hybridized carbons (Fsp3) is 0.364. The number of aromatic nitrogens is 3. The second kappa shape index (κ2) is 7.78. The molecule has 1 fully saturated rings. The van der Waals surface area contributed by atoms with Crippen molar-refractivity contribution in [2.75, 3.05) is 26.2 Å². The van der Waals surface area contributed by atoms with Crippen LogP contribution in [0.2, 0.25) is 0 Å². The zero-order valence-electron chi connectivity index (χ0n) is 16.7. The van der Waals surface area contributed by atoms with Gasteiger partial charge in [0, 0.05) is 44.4 Å². The zero-order chi connectivity index (χ0) is 20.5. The van der Waals surface area contributed by atoms with Crippen molar-refractivity contribution in [2.45, 2.75) is 25.8 Å². The maximum atomic E-state index is 13.0. The largest absolute Gasteiger partial charge is 0.355 e. The first-order chi connectivity index (χ1) is 14.7. The minimum atomic E-state index is -0.170. The number of nitrogens with zero attached hydrogens (tertiary/aromatic N) is 5. The van der Waals surface area contributed by atoms with Crippen LogP contribution in [0.25, 0.3) is 11.3 Å². The SMILES string of the molecule is O=C(c1cc(-c2ccccc2)on1)N1CCN(C(=O)c2cnn3c2CCCC3)CC1. The van der Waals surface area contributed by atoms with Crippen molar-refractivity contribution in [1.29, 1.82) is 0 Å². The van der Waals surface area contributed by atoms with Gasteiger partial charge in [-0.2, -0.15) is 5.10 Å². The molecule has 5 rings (SSSR count). The highest BCUT2D eigenvalue weighted by atomic mass is 16.5. The van der Waals surface area contributed by atoms with Crippen LogP contribution in [0.15, 0.2) is 47.1 Å². The third-order valence-electron chi connectivity index (χ3n) is 5.85. The van der Waals surface area contributed by atoms with E-state index in [1.807, 2.05) is 39.9 Å². The van der Waals surface area contributed by atoms with E-state index in [-0.39, 0.29) is 11.8 Å². The minimum Gasteiger partial charge on any atom is -0.355 e. The lowest BCUT2D eigenvalue weighted by atomic mass is 10.1. The van der Waals surface area contributed by atoms with Crippen LogP contribution in [0.1, 0.15) is 39.4 Å². The summed E-state index contributed by atoms with van der Waals surface area (Å²) in [5, 5.41) is 8.32. The van der Waals surface area contributed by atoms with Crippen molar-refractivity contribution in [3.8, 4) is 11.3 Å². The molecule has 30 heavy (non-hydrogen) atoms. The molecule has 154 valence electrons. The van der Waals surface area contributed by atoms with E-state index in [9.17, 15) is 9.59 Å². The molecule has 4 heterocycles. The standard InChI is InChI=1S/C22H23N5O3/c28-21(17-15-23-27-9-5-4-8-19(17)27)25-10-12-26(13-11-25)22(29)18-14-20(30-24-18)16-6-2-1-3-7-16/h1-3,6-7,14-15H,4-5,8-13H2. The van der Waals surface area contributed by atoms with Crippen LogP contribution in [-0.4, -0.2) is 62.7 Å². The molecule has 8 heteroatoms. The molecule has 0 radical (unpaired) electrons. The predicted molar refractivity (Wildman–Crippen MR) is 109 cm³/mol. The fourth-order valence-corrected chi connectivity index (χ4v) is 4.16. The lowest BCUT2D eigenvalue weighted by Crippen LogP contribution is -2.50. The molecule has 1 saturated heterocycles. The molecule has 0 bridgehead atoms. The fourth-order valence-electron chi connectivity index (χ4n) is 4.16. The molecule has 2 aromatic heterocycles. The first-order valence-electron chi connectivity index (χ1n) is 10.4. The number of carbonyl (C=O) groups is 2. The number of hydrogen-bond donors (Lipinski definition) is 0. The summed E-state index contributed by atoms with van der Waals surface area (Å²) in [5.41, 5.74) is 2.92. The Hall–Kier alpha value is -3.42. The molecule has 3 aromatic rings. The zero-order valence-corrected chi connectivity index (χ0v) is 16.7. The predicted octanol–water partition coefficient (Wildman–Crippen LogP) is 2.47. The molecule has 2 aliphatic heterocycles. The number of rotatable bonds is 3. The van der Waals surface area contributed by atoms with Crippen LogP contribution in [-0.2, 0) is 13.0 Å². The molecular weight excluding hydrogens is 382 g/mol. The summed E-state index contributed by atoms with van der Waals surface area (Å²) in [7, 11) is 0. The summed E-state index contributed by atoms with van der Waals surface area (Å²) in [6, 6.07) is 11.2. The Labute approximate surface area is 174 Å². The Morgan fingerprint density at radius 1 is 0.900 bits per heavy atom. The monoisotopic (exact) mass is 405 g/mol. The van der Waals surface area contributed by atoms with E-state index < -0.39 is 0 Å². The Kier molecular flexibility index (Phi) is 4.82. The van der Waals surface area contributed by atoms with E-state index in [1.54, 1.807) is 17.2 Å². The molecule has 0 saturated carbocycles. The summed E-state index contributed by atoms with van der Waals surface area (Å²) >= 11 is 0. The average molecular weight is 405 g/mol. The molecule has 2 aliphatic rings. The third kappa shape index (κ3) is 3.38. The first-order valence-corrected chi connectivity index (χ1v) is 10.4. The van der Waals surface area contributed by atoms with Crippen LogP contribution in [0.3, 0.4) is 0 Å². The van der Waals surface area contributed by atoms with Crippen molar-refractivity contribution in [3.63, 3.8) is 0 Å². The number of piperazine rings is 1. The maximum absolute atomic E-state index is 13.0. The van der Waals surface area contributed by atoms with Gasteiger partial charge in [-0.05, 0) is 19.3 Å². The summed E-state index contributed by atoms with van der Waals surface area (Å²) in [6.45, 7) is 2.83. The van der Waals surface area contributed by atoms with E-state index in [0.717, 1.165) is 37.1 Å². The average Bonchev–Trinajstić information content (AvgIpc) is 3.47. The lowest BCUT2D eigenvalue weighted by Gasteiger charge is -2.34. The molecule has 0 N–H and O–H groups in total. The first kappa shape index (κ1) is 18.6. The molecule has 0 atom stereocenters. The highest BCUT2D eigenvalue weighted by Crippen LogP contribution is 2.22. The van der Waals surface area contributed by atoms with Gasteiger partial charge in [0.25, 0.3) is 11.8 Å². The number of amides is 2. The maximum Gasteiger partial charge on any atom is 0.276 e. The number of benzene rings is 1. The van der Waals surface area contributed by atoms with Crippen LogP contribution in [0, 0.1) is 0 Å². The summed E-state index contributed by atoms with van der Waals surface area (Å²) < 4.78 is 7.30. The lowest BCUT2D eigenvalue weighted by molar-refractivity contribution is 0.0529. The second-order valence-corrected chi connectivity index (χ2v) is 7.71. The van der Waals surface area contributed by atoms with Gasteiger partial charge in [0.15, 0.2) is 11.5 Å². The molecule has 0 aliphatic carbocycles. The summed E-state index contributed by atoms with van der Waals surface area (Å²) in [5.74, 6) is 0.410. The van der Waals surface area contributed by atoms with E-state index in [4.69, 9.17) is 4.52 Å². The van der Waals surface area contributed by atoms with Crippen molar-refractivity contribution in [1.82, 2.24) is 24.7 Å². The van der Waals surface area contributed by atoms with E-state index >= 15 is 0 Å². The molecule has 1 aromatic carbocycles.